The number of rotatable bonds is 7. The van der Waals surface area contributed by atoms with E-state index in [1.807, 2.05) is 0 Å². The molecule has 0 radical (unpaired) electrons. The van der Waals surface area contributed by atoms with Crippen LogP contribution in [-0.4, -0.2) is 53.3 Å². The molecule has 16 heavy (non-hydrogen) atoms. The summed E-state index contributed by atoms with van der Waals surface area (Å²) in [5.74, 6) is -0.979. The molecule has 8 heteroatoms. The maximum Gasteiger partial charge on any atom is 0.323 e. The fourth-order valence-electron chi connectivity index (χ4n) is 0.216. The summed E-state index contributed by atoms with van der Waals surface area (Å²) in [5.41, 5.74) is 6.06. The monoisotopic (exact) mass is 240 g/mol. The normalized spacial score (nSPS) is 10.6. The van der Waals surface area contributed by atoms with E-state index in [4.69, 9.17) is 21.1 Å². The number of aliphatic hydroxyl groups excluding tert-OH is 2. The molecule has 0 fully saturated rings. The summed E-state index contributed by atoms with van der Waals surface area (Å²) in [5, 5.41) is 24.4. The molecule has 0 aromatic carbocycles. The van der Waals surface area contributed by atoms with Crippen molar-refractivity contribution in [1.82, 2.24) is 5.64 Å². The number of carbonyl (C=O) groups is 1. The molecule has 0 saturated carbocycles. The molecule has 0 heterocycles. The van der Waals surface area contributed by atoms with Crippen LogP contribution in [0.2, 0.25) is 0 Å². The van der Waals surface area contributed by atoms with Gasteiger partial charge in [0.25, 0.3) is 0 Å². The average molecular weight is 240 g/mol. The van der Waals surface area contributed by atoms with Gasteiger partial charge in [0.2, 0.25) is 0 Å². The molecule has 0 aromatic heterocycles. The van der Waals surface area contributed by atoms with Crippen molar-refractivity contribution >= 4 is 5.97 Å². The molecule has 0 bridgehead atoms. The van der Waals surface area contributed by atoms with Gasteiger partial charge in [-0.05, 0) is 13.8 Å². The highest BCUT2D eigenvalue weighted by Crippen LogP contribution is 1.93. The lowest BCUT2D eigenvalue weighted by atomic mass is 10.1. The van der Waals surface area contributed by atoms with Crippen LogP contribution in [0.5, 0.6) is 0 Å². The number of nitrogens with two attached hydrogens (primary N) is 1. The smallest absolute Gasteiger partial charge is 0.323 e. The van der Waals surface area contributed by atoms with Gasteiger partial charge in [-0.15, -0.1) is 0 Å². The molecule has 0 rings (SSSR count). The van der Waals surface area contributed by atoms with Gasteiger partial charge in [0, 0.05) is 0 Å². The standard InChI is InChI=1S/C4H11NO4.C4H9NO2/c6-1-3-8-5-9-4-2-7;1-4(2,5)3(6)7/h5-7H,1-4H2;5H2,1-2H3,(H,6,7). The molecule has 0 atom stereocenters. The lowest BCUT2D eigenvalue weighted by Crippen LogP contribution is -2.41. The molecule has 0 amide bonds. The minimum Gasteiger partial charge on any atom is -0.480 e. The largest absolute Gasteiger partial charge is 0.480 e. The summed E-state index contributed by atoms with van der Waals surface area (Å²) in [4.78, 5) is 18.8. The second kappa shape index (κ2) is 10.7. The Balaban J connectivity index is 0. The third-order valence-corrected chi connectivity index (χ3v) is 1.06. The van der Waals surface area contributed by atoms with E-state index in [1.54, 1.807) is 0 Å². The van der Waals surface area contributed by atoms with Crippen molar-refractivity contribution in [3.05, 3.63) is 0 Å². The highest BCUT2D eigenvalue weighted by molar-refractivity contribution is 5.77. The Kier molecular flexibility index (Phi) is 11.8. The van der Waals surface area contributed by atoms with Gasteiger partial charge in [0.05, 0.1) is 26.4 Å². The first-order valence-corrected chi connectivity index (χ1v) is 4.58. The summed E-state index contributed by atoms with van der Waals surface area (Å²) in [6.45, 7) is 3.10. The molecule has 0 aliphatic heterocycles. The van der Waals surface area contributed by atoms with Crippen molar-refractivity contribution in [3.8, 4) is 0 Å². The number of nitrogens with one attached hydrogen (secondary N) is 1. The molecule has 0 aromatic rings. The molecule has 0 aliphatic rings. The van der Waals surface area contributed by atoms with E-state index in [-0.39, 0.29) is 26.4 Å². The second-order valence-electron chi connectivity index (χ2n) is 3.25. The van der Waals surface area contributed by atoms with E-state index in [9.17, 15) is 4.79 Å². The lowest BCUT2D eigenvalue weighted by Gasteiger charge is -2.09. The van der Waals surface area contributed by atoms with Crippen molar-refractivity contribution in [3.63, 3.8) is 0 Å². The topological polar surface area (TPSA) is 134 Å². The minimum atomic E-state index is -1.08. The molecular weight excluding hydrogens is 220 g/mol. The van der Waals surface area contributed by atoms with Crippen molar-refractivity contribution in [2.45, 2.75) is 19.4 Å². The summed E-state index contributed by atoms with van der Waals surface area (Å²) >= 11 is 0. The highest BCUT2D eigenvalue weighted by atomic mass is 16.9. The van der Waals surface area contributed by atoms with Crippen LogP contribution in [0.3, 0.4) is 0 Å². The third kappa shape index (κ3) is 15.7. The fourth-order valence-corrected chi connectivity index (χ4v) is 0.216. The van der Waals surface area contributed by atoms with E-state index in [0.29, 0.717) is 0 Å². The predicted octanol–water partition coefficient (Wildman–Crippen LogP) is -1.77. The van der Waals surface area contributed by atoms with E-state index in [0.717, 1.165) is 0 Å². The van der Waals surface area contributed by atoms with Crippen LogP contribution in [-0.2, 0) is 14.5 Å². The molecule has 0 saturated heterocycles. The van der Waals surface area contributed by atoms with Crippen LogP contribution < -0.4 is 11.4 Å². The van der Waals surface area contributed by atoms with Gasteiger partial charge in [-0.2, -0.15) is 0 Å². The second-order valence-corrected chi connectivity index (χ2v) is 3.25. The zero-order valence-corrected chi connectivity index (χ0v) is 9.47. The van der Waals surface area contributed by atoms with Gasteiger partial charge < -0.3 is 21.1 Å². The number of carboxylic acids is 1. The number of aliphatic hydroxyl groups is 2. The Hall–Kier alpha value is -0.770. The highest BCUT2D eigenvalue weighted by Gasteiger charge is 2.19. The predicted molar refractivity (Wildman–Crippen MR) is 55.1 cm³/mol. The first kappa shape index (κ1) is 17.6. The molecule has 0 aliphatic carbocycles. The maximum absolute atomic E-state index is 9.90. The fraction of sp³-hybridized carbons (Fsp3) is 0.875. The summed E-state index contributed by atoms with van der Waals surface area (Å²) < 4.78 is 0. The number of hydrogen-bond donors (Lipinski definition) is 5. The van der Waals surface area contributed by atoms with E-state index >= 15 is 0 Å². The number of aliphatic carboxylic acids is 1. The van der Waals surface area contributed by atoms with Crippen LogP contribution in [0, 0.1) is 0 Å². The summed E-state index contributed by atoms with van der Waals surface area (Å²) in [6.07, 6.45) is 0. The van der Waals surface area contributed by atoms with Crippen LogP contribution in [0.4, 0.5) is 0 Å². The molecule has 8 nitrogen and oxygen atoms in total. The van der Waals surface area contributed by atoms with Crippen molar-refractivity contribution in [2.24, 2.45) is 5.73 Å². The molecule has 6 N–H and O–H groups in total. The van der Waals surface area contributed by atoms with Crippen LogP contribution in [0.25, 0.3) is 0 Å². The number of carboxylic acid groups (broad SMARTS) is 1. The van der Waals surface area contributed by atoms with Gasteiger partial charge in [-0.1, -0.05) is 5.64 Å². The Labute approximate surface area is 93.9 Å². The van der Waals surface area contributed by atoms with E-state index < -0.39 is 11.5 Å². The Morgan fingerprint density at radius 3 is 1.75 bits per heavy atom. The molecule has 0 unspecified atom stereocenters. The molecule has 0 spiro atoms. The first-order chi connectivity index (χ1) is 7.36. The molecular formula is C8H20N2O6. The zero-order chi connectivity index (χ0) is 13.0. The van der Waals surface area contributed by atoms with E-state index in [2.05, 4.69) is 15.3 Å². The Morgan fingerprint density at radius 2 is 1.56 bits per heavy atom. The maximum atomic E-state index is 9.90. The van der Waals surface area contributed by atoms with Gasteiger partial charge in [-0.25, -0.2) is 0 Å². The number of hydrogen-bond acceptors (Lipinski definition) is 7. The van der Waals surface area contributed by atoms with Crippen molar-refractivity contribution in [1.29, 1.82) is 0 Å². The quantitative estimate of drug-likeness (QED) is 0.261. The van der Waals surface area contributed by atoms with Crippen LogP contribution in [0.15, 0.2) is 0 Å². The zero-order valence-electron chi connectivity index (χ0n) is 9.47. The van der Waals surface area contributed by atoms with Crippen LogP contribution in [0.1, 0.15) is 13.8 Å². The van der Waals surface area contributed by atoms with Gasteiger partial charge >= 0.3 is 5.97 Å². The lowest BCUT2D eigenvalue weighted by molar-refractivity contribution is -0.178. The van der Waals surface area contributed by atoms with Crippen LogP contribution >= 0.6 is 0 Å². The summed E-state index contributed by atoms with van der Waals surface area (Å²) in [7, 11) is 0. The van der Waals surface area contributed by atoms with Gasteiger partial charge in [0.1, 0.15) is 5.54 Å². The van der Waals surface area contributed by atoms with E-state index in [1.165, 1.54) is 13.8 Å². The first-order valence-electron chi connectivity index (χ1n) is 4.58. The Morgan fingerprint density at radius 1 is 1.25 bits per heavy atom. The van der Waals surface area contributed by atoms with Crippen molar-refractivity contribution in [2.75, 3.05) is 26.4 Å². The minimum absolute atomic E-state index is 0.0600. The van der Waals surface area contributed by atoms with Gasteiger partial charge in [-0.3, -0.25) is 14.5 Å². The summed E-state index contributed by atoms with van der Waals surface area (Å²) in [6, 6.07) is 0. The van der Waals surface area contributed by atoms with Crippen molar-refractivity contribution < 1.29 is 29.8 Å². The molecule has 98 valence electrons. The van der Waals surface area contributed by atoms with Gasteiger partial charge in [0.15, 0.2) is 0 Å². The third-order valence-electron chi connectivity index (χ3n) is 1.06. The Bertz CT molecular complexity index is 164. The SMILES string of the molecule is CC(C)(N)C(=O)O.OCCONOCCO. The average Bonchev–Trinajstić information content (AvgIpc) is 2.17.